The van der Waals surface area contributed by atoms with Crippen molar-refractivity contribution in [1.29, 1.82) is 0 Å². The molecule has 4 unspecified atom stereocenters. The molecule has 1 aromatic rings. The van der Waals surface area contributed by atoms with Crippen molar-refractivity contribution < 1.29 is 14.7 Å². The highest BCUT2D eigenvalue weighted by Gasteiger charge is 2.51. The lowest BCUT2D eigenvalue weighted by Gasteiger charge is -2.23. The molecule has 1 fully saturated rings. The third-order valence-electron chi connectivity index (χ3n) is 5.80. The Labute approximate surface area is 151 Å². The molecule has 4 atom stereocenters. The van der Waals surface area contributed by atoms with Crippen LogP contribution in [-0.4, -0.2) is 28.5 Å². The number of carbonyl (C=O) groups excluding carboxylic acids is 1. The number of nitrogens with zero attached hydrogens (tertiary/aromatic N) is 1. The van der Waals surface area contributed by atoms with Gasteiger partial charge in [0.1, 0.15) is 0 Å². The van der Waals surface area contributed by atoms with Crippen molar-refractivity contribution in [3.63, 3.8) is 0 Å². The van der Waals surface area contributed by atoms with Gasteiger partial charge < -0.3 is 10.4 Å². The Hall–Kier alpha value is -1.69. The fourth-order valence-corrected chi connectivity index (χ4v) is 5.80. The van der Waals surface area contributed by atoms with Crippen LogP contribution >= 0.6 is 11.3 Å². The molecule has 1 aromatic heterocycles. The van der Waals surface area contributed by atoms with Crippen LogP contribution in [0.2, 0.25) is 0 Å². The van der Waals surface area contributed by atoms with Crippen LogP contribution in [0.25, 0.3) is 0 Å². The van der Waals surface area contributed by atoms with E-state index in [2.05, 4.69) is 5.32 Å². The number of carbonyl (C=O) groups is 2. The van der Waals surface area contributed by atoms with E-state index in [1.54, 1.807) is 0 Å². The first kappa shape index (κ1) is 16.8. The summed E-state index contributed by atoms with van der Waals surface area (Å²) in [5.74, 6) is -1.77. The normalized spacial score (nSPS) is 29.6. The van der Waals surface area contributed by atoms with Gasteiger partial charge in [0.2, 0.25) is 5.91 Å². The molecule has 0 saturated heterocycles. The minimum Gasteiger partial charge on any atom is -0.481 e. The molecule has 25 heavy (non-hydrogen) atoms. The summed E-state index contributed by atoms with van der Waals surface area (Å²) in [6.07, 6.45) is 11.3. The molecule has 0 aliphatic heterocycles. The first-order valence-electron chi connectivity index (χ1n) is 9.30. The molecule has 2 bridgehead atoms. The molecule has 5 nitrogen and oxygen atoms in total. The molecular weight excluding hydrogens is 336 g/mol. The molecule has 3 aliphatic carbocycles. The third-order valence-corrected chi connectivity index (χ3v) is 7.02. The fourth-order valence-electron chi connectivity index (χ4n) is 4.60. The third kappa shape index (κ3) is 3.24. The van der Waals surface area contributed by atoms with Crippen molar-refractivity contribution in [3.05, 3.63) is 27.7 Å². The molecule has 0 radical (unpaired) electrons. The van der Waals surface area contributed by atoms with E-state index in [1.807, 2.05) is 23.5 Å². The molecule has 1 saturated carbocycles. The number of rotatable bonds is 6. The van der Waals surface area contributed by atoms with Gasteiger partial charge >= 0.3 is 5.97 Å². The second-order valence-corrected chi connectivity index (χ2v) is 8.59. The zero-order valence-corrected chi connectivity index (χ0v) is 15.1. The summed E-state index contributed by atoms with van der Waals surface area (Å²) >= 11 is 1.82. The van der Waals surface area contributed by atoms with Gasteiger partial charge in [-0.2, -0.15) is 0 Å². The summed E-state index contributed by atoms with van der Waals surface area (Å²) in [6, 6.07) is 0. The van der Waals surface area contributed by atoms with Crippen molar-refractivity contribution >= 4 is 23.2 Å². The molecule has 6 heteroatoms. The maximum Gasteiger partial charge on any atom is 0.307 e. The molecule has 1 amide bonds. The molecule has 2 N–H and O–H groups in total. The van der Waals surface area contributed by atoms with Crippen LogP contribution in [0.5, 0.6) is 0 Å². The summed E-state index contributed by atoms with van der Waals surface area (Å²) < 4.78 is 0. The van der Waals surface area contributed by atoms with Gasteiger partial charge in [-0.15, -0.1) is 11.3 Å². The standard InChI is InChI=1S/C19H24N2O3S/c22-18(16-11-7-8-12(10-11)17(16)19(23)24)20-9-3-6-15-21-13-4-1-2-5-14(13)25-15/h7-8,11-12,16-17H,1-6,9-10H2,(H,20,22)(H,23,24). The number of thiazole rings is 1. The zero-order valence-electron chi connectivity index (χ0n) is 14.2. The Morgan fingerprint density at radius 3 is 2.72 bits per heavy atom. The first-order chi connectivity index (χ1) is 12.1. The molecule has 0 spiro atoms. The number of aliphatic carboxylic acids is 1. The van der Waals surface area contributed by atoms with Gasteiger partial charge in [-0.05, 0) is 50.4 Å². The highest BCUT2D eigenvalue weighted by Crippen LogP contribution is 2.48. The number of allylic oxidation sites excluding steroid dienone is 2. The van der Waals surface area contributed by atoms with Gasteiger partial charge in [0.25, 0.3) is 0 Å². The maximum absolute atomic E-state index is 12.5. The Morgan fingerprint density at radius 1 is 1.20 bits per heavy atom. The molecule has 0 aromatic carbocycles. The Balaban J connectivity index is 1.27. The molecule has 134 valence electrons. The van der Waals surface area contributed by atoms with Crippen molar-refractivity contribution in [2.75, 3.05) is 6.54 Å². The fraction of sp³-hybridized carbons (Fsp3) is 0.632. The van der Waals surface area contributed by atoms with E-state index in [0.717, 1.165) is 32.1 Å². The number of carboxylic acids is 1. The molecule has 3 aliphatic rings. The van der Waals surface area contributed by atoms with E-state index in [-0.39, 0.29) is 17.7 Å². The summed E-state index contributed by atoms with van der Waals surface area (Å²) in [4.78, 5) is 30.2. The van der Waals surface area contributed by atoms with E-state index < -0.39 is 17.8 Å². The van der Waals surface area contributed by atoms with E-state index in [0.29, 0.717) is 6.54 Å². The minimum atomic E-state index is -0.842. The smallest absolute Gasteiger partial charge is 0.307 e. The number of nitrogens with one attached hydrogen (secondary N) is 1. The van der Waals surface area contributed by atoms with Crippen LogP contribution in [0.1, 0.15) is 41.3 Å². The van der Waals surface area contributed by atoms with Gasteiger partial charge in [-0.25, -0.2) is 4.98 Å². The maximum atomic E-state index is 12.5. The minimum absolute atomic E-state index is 0.0277. The van der Waals surface area contributed by atoms with Gasteiger partial charge in [0.15, 0.2) is 0 Å². The van der Waals surface area contributed by atoms with Crippen LogP contribution in [0.4, 0.5) is 0 Å². The van der Waals surface area contributed by atoms with Gasteiger partial charge in [0, 0.05) is 17.8 Å². The van der Waals surface area contributed by atoms with Crippen LogP contribution < -0.4 is 5.32 Å². The Kier molecular flexibility index (Phi) is 4.63. The van der Waals surface area contributed by atoms with E-state index in [9.17, 15) is 14.7 Å². The lowest BCUT2D eigenvalue weighted by atomic mass is 9.82. The SMILES string of the molecule is O=C(O)C1C2C=CC(C2)C1C(=O)NCCCc1nc2c(s1)CCCC2. The van der Waals surface area contributed by atoms with Crippen molar-refractivity contribution in [1.82, 2.24) is 10.3 Å². The number of aromatic nitrogens is 1. The number of amides is 1. The predicted molar refractivity (Wildman–Crippen MR) is 95.4 cm³/mol. The van der Waals surface area contributed by atoms with Crippen molar-refractivity contribution in [3.8, 4) is 0 Å². The monoisotopic (exact) mass is 360 g/mol. The second kappa shape index (κ2) is 6.90. The first-order valence-corrected chi connectivity index (χ1v) is 10.1. The number of carboxylic acid groups (broad SMARTS) is 1. The summed E-state index contributed by atoms with van der Waals surface area (Å²) in [7, 11) is 0. The van der Waals surface area contributed by atoms with Crippen molar-refractivity contribution in [2.45, 2.75) is 44.9 Å². The molecular formula is C19H24N2O3S. The second-order valence-electron chi connectivity index (χ2n) is 7.42. The zero-order chi connectivity index (χ0) is 17.4. The van der Waals surface area contributed by atoms with Crippen LogP contribution in [-0.2, 0) is 28.9 Å². The highest BCUT2D eigenvalue weighted by atomic mass is 32.1. The quantitative estimate of drug-likeness (QED) is 0.604. The summed E-state index contributed by atoms with van der Waals surface area (Å²) in [6.45, 7) is 0.590. The number of fused-ring (bicyclic) bond motifs is 3. The molecule has 1 heterocycles. The van der Waals surface area contributed by atoms with E-state index in [4.69, 9.17) is 4.98 Å². The average molecular weight is 360 g/mol. The Morgan fingerprint density at radius 2 is 1.96 bits per heavy atom. The van der Waals surface area contributed by atoms with Crippen LogP contribution in [0.3, 0.4) is 0 Å². The number of hydrogen-bond donors (Lipinski definition) is 2. The number of aryl methyl sites for hydroxylation is 3. The highest BCUT2D eigenvalue weighted by molar-refractivity contribution is 7.11. The number of hydrogen-bond acceptors (Lipinski definition) is 4. The van der Waals surface area contributed by atoms with Gasteiger partial charge in [-0.3, -0.25) is 9.59 Å². The lowest BCUT2D eigenvalue weighted by molar-refractivity contribution is -0.147. The lowest BCUT2D eigenvalue weighted by Crippen LogP contribution is -2.40. The largest absolute Gasteiger partial charge is 0.481 e. The summed E-state index contributed by atoms with van der Waals surface area (Å²) in [5, 5.41) is 13.6. The van der Waals surface area contributed by atoms with E-state index >= 15 is 0 Å². The average Bonchev–Trinajstić information content (AvgIpc) is 3.30. The van der Waals surface area contributed by atoms with Crippen molar-refractivity contribution in [2.24, 2.45) is 23.7 Å². The Bertz CT molecular complexity index is 688. The van der Waals surface area contributed by atoms with Crippen LogP contribution in [0.15, 0.2) is 12.2 Å². The predicted octanol–water partition coefficient (Wildman–Crippen LogP) is 2.59. The van der Waals surface area contributed by atoms with Gasteiger partial charge in [-0.1, -0.05) is 12.2 Å². The summed E-state index contributed by atoms with van der Waals surface area (Å²) in [5.41, 5.74) is 1.29. The van der Waals surface area contributed by atoms with Crippen LogP contribution in [0, 0.1) is 23.7 Å². The molecule has 4 rings (SSSR count). The van der Waals surface area contributed by atoms with Gasteiger partial charge in [0.05, 0.1) is 22.5 Å². The van der Waals surface area contributed by atoms with E-state index in [1.165, 1.54) is 28.4 Å². The topological polar surface area (TPSA) is 79.3 Å².